The lowest BCUT2D eigenvalue weighted by Crippen LogP contribution is -2.22. The molecule has 0 radical (unpaired) electrons. The number of hydrogen-bond donors (Lipinski definition) is 1. The van der Waals surface area contributed by atoms with Crippen molar-refractivity contribution in [1.82, 2.24) is 4.98 Å². The fraction of sp³-hybridized carbons (Fsp3) is 0.667. The Kier molecular flexibility index (Phi) is 4.24. The van der Waals surface area contributed by atoms with E-state index in [9.17, 15) is 8.42 Å². The molecule has 0 amide bonds. The van der Waals surface area contributed by atoms with Crippen molar-refractivity contribution in [2.24, 2.45) is 11.7 Å². The van der Waals surface area contributed by atoms with Crippen LogP contribution in [0.3, 0.4) is 0 Å². The normalized spacial score (nSPS) is 14.1. The standard InChI is InChI=1S/C9H16N2O2S2/c1-7(3-10)5-15(12,13)6-9-11-8(2)4-14-9/h4,7H,3,5-6,10H2,1-2H3. The largest absolute Gasteiger partial charge is 0.330 e. The summed E-state index contributed by atoms with van der Waals surface area (Å²) < 4.78 is 23.4. The van der Waals surface area contributed by atoms with Crippen molar-refractivity contribution >= 4 is 21.2 Å². The molecule has 1 aromatic rings. The number of sulfone groups is 1. The zero-order valence-corrected chi connectivity index (χ0v) is 10.6. The maximum Gasteiger partial charge on any atom is 0.157 e. The molecule has 0 saturated heterocycles. The Hall–Kier alpha value is -0.460. The van der Waals surface area contributed by atoms with Crippen molar-refractivity contribution in [3.05, 3.63) is 16.1 Å². The Morgan fingerprint density at radius 1 is 1.60 bits per heavy atom. The molecule has 0 aliphatic heterocycles. The van der Waals surface area contributed by atoms with Gasteiger partial charge in [0.15, 0.2) is 9.84 Å². The molecule has 0 saturated carbocycles. The number of aromatic nitrogens is 1. The van der Waals surface area contributed by atoms with Gasteiger partial charge in [0.1, 0.15) is 10.8 Å². The topological polar surface area (TPSA) is 73.0 Å². The molecule has 15 heavy (non-hydrogen) atoms. The smallest absolute Gasteiger partial charge is 0.157 e. The predicted molar refractivity (Wildman–Crippen MR) is 62.6 cm³/mol. The summed E-state index contributed by atoms with van der Waals surface area (Å²) in [6.45, 7) is 4.09. The summed E-state index contributed by atoms with van der Waals surface area (Å²) in [7, 11) is -3.06. The summed E-state index contributed by atoms with van der Waals surface area (Å²) in [5.41, 5.74) is 6.27. The number of hydrogen-bond acceptors (Lipinski definition) is 5. The maximum atomic E-state index is 11.7. The second-order valence-corrected chi connectivity index (χ2v) is 6.83. The molecule has 0 aliphatic rings. The lowest BCUT2D eigenvalue weighted by Gasteiger charge is -2.07. The van der Waals surface area contributed by atoms with E-state index >= 15 is 0 Å². The summed E-state index contributed by atoms with van der Waals surface area (Å²) >= 11 is 1.39. The molecule has 1 aromatic heterocycles. The van der Waals surface area contributed by atoms with E-state index in [1.54, 1.807) is 0 Å². The van der Waals surface area contributed by atoms with Crippen molar-refractivity contribution in [3.8, 4) is 0 Å². The van der Waals surface area contributed by atoms with E-state index in [1.807, 2.05) is 19.2 Å². The molecule has 0 bridgehead atoms. The highest BCUT2D eigenvalue weighted by molar-refractivity contribution is 7.90. The summed E-state index contributed by atoms with van der Waals surface area (Å²) in [5.74, 6) is 0.189. The monoisotopic (exact) mass is 248 g/mol. The Balaban J connectivity index is 2.64. The van der Waals surface area contributed by atoms with Gasteiger partial charge in [-0.25, -0.2) is 13.4 Å². The second kappa shape index (κ2) is 5.05. The molecular weight excluding hydrogens is 232 g/mol. The van der Waals surface area contributed by atoms with Gasteiger partial charge in [-0.3, -0.25) is 0 Å². The fourth-order valence-electron chi connectivity index (χ4n) is 1.22. The van der Waals surface area contributed by atoms with Crippen LogP contribution in [0, 0.1) is 12.8 Å². The second-order valence-electron chi connectivity index (χ2n) is 3.78. The van der Waals surface area contributed by atoms with E-state index in [2.05, 4.69) is 4.98 Å². The van der Waals surface area contributed by atoms with Crippen LogP contribution in [-0.2, 0) is 15.6 Å². The minimum absolute atomic E-state index is 0.0102. The first-order valence-electron chi connectivity index (χ1n) is 4.74. The highest BCUT2D eigenvalue weighted by atomic mass is 32.2. The maximum absolute atomic E-state index is 11.7. The Morgan fingerprint density at radius 3 is 2.73 bits per heavy atom. The van der Waals surface area contributed by atoms with Crippen molar-refractivity contribution in [1.29, 1.82) is 0 Å². The van der Waals surface area contributed by atoms with Crippen LogP contribution in [0.1, 0.15) is 17.6 Å². The first kappa shape index (κ1) is 12.6. The highest BCUT2D eigenvalue weighted by Gasteiger charge is 2.17. The van der Waals surface area contributed by atoms with Gasteiger partial charge >= 0.3 is 0 Å². The predicted octanol–water partition coefficient (Wildman–Crippen LogP) is 0.961. The van der Waals surface area contributed by atoms with Crippen LogP contribution < -0.4 is 5.73 Å². The van der Waals surface area contributed by atoms with Gasteiger partial charge in [0.25, 0.3) is 0 Å². The first-order valence-corrected chi connectivity index (χ1v) is 7.44. The molecule has 1 atom stereocenters. The van der Waals surface area contributed by atoms with Gasteiger partial charge in [0.2, 0.25) is 0 Å². The van der Waals surface area contributed by atoms with Gasteiger partial charge in [0, 0.05) is 11.1 Å². The number of nitrogens with zero attached hydrogens (tertiary/aromatic N) is 1. The summed E-state index contributed by atoms with van der Waals surface area (Å²) in [5, 5.41) is 2.52. The Labute approximate surface area is 94.4 Å². The molecule has 1 rings (SSSR count). The van der Waals surface area contributed by atoms with Crippen molar-refractivity contribution in [3.63, 3.8) is 0 Å². The van der Waals surface area contributed by atoms with Crippen molar-refractivity contribution in [2.75, 3.05) is 12.3 Å². The summed E-state index contributed by atoms with van der Waals surface area (Å²) in [4.78, 5) is 4.14. The minimum Gasteiger partial charge on any atom is -0.330 e. The molecule has 4 nitrogen and oxygen atoms in total. The number of rotatable bonds is 5. The molecular formula is C9H16N2O2S2. The summed E-state index contributed by atoms with van der Waals surface area (Å²) in [6.07, 6.45) is 0. The molecule has 0 spiro atoms. The van der Waals surface area contributed by atoms with Gasteiger partial charge in [-0.2, -0.15) is 0 Å². The lowest BCUT2D eigenvalue weighted by atomic mass is 10.2. The van der Waals surface area contributed by atoms with Crippen molar-refractivity contribution in [2.45, 2.75) is 19.6 Å². The van der Waals surface area contributed by atoms with Crippen LogP contribution in [0.2, 0.25) is 0 Å². The number of nitrogens with two attached hydrogens (primary N) is 1. The average Bonchev–Trinajstić information content (AvgIpc) is 2.49. The van der Waals surface area contributed by atoms with Gasteiger partial charge in [-0.05, 0) is 19.4 Å². The zero-order valence-electron chi connectivity index (χ0n) is 8.93. The molecule has 0 fully saturated rings. The van der Waals surface area contributed by atoms with E-state index in [-0.39, 0.29) is 17.4 Å². The summed E-state index contributed by atoms with van der Waals surface area (Å²) in [6, 6.07) is 0. The molecule has 0 aromatic carbocycles. The Bertz CT molecular complexity index is 412. The van der Waals surface area contributed by atoms with Crippen molar-refractivity contribution < 1.29 is 8.42 Å². The number of aryl methyl sites for hydroxylation is 1. The third-order valence-corrected chi connectivity index (χ3v) is 4.89. The van der Waals surface area contributed by atoms with Gasteiger partial charge < -0.3 is 5.73 Å². The third kappa shape index (κ3) is 4.27. The minimum atomic E-state index is -3.06. The molecule has 2 N–H and O–H groups in total. The third-order valence-electron chi connectivity index (χ3n) is 1.95. The van der Waals surface area contributed by atoms with Crippen LogP contribution in [0.5, 0.6) is 0 Å². The average molecular weight is 248 g/mol. The van der Waals surface area contributed by atoms with Crippen LogP contribution in [0.4, 0.5) is 0 Å². The van der Waals surface area contributed by atoms with Crippen LogP contribution >= 0.6 is 11.3 Å². The van der Waals surface area contributed by atoms with Crippen LogP contribution in [-0.4, -0.2) is 25.7 Å². The van der Waals surface area contributed by atoms with Gasteiger partial charge in [-0.15, -0.1) is 11.3 Å². The highest BCUT2D eigenvalue weighted by Crippen LogP contribution is 2.14. The van der Waals surface area contributed by atoms with Gasteiger partial charge in [-0.1, -0.05) is 6.92 Å². The SMILES string of the molecule is Cc1csc(CS(=O)(=O)CC(C)CN)n1. The molecule has 6 heteroatoms. The first-order chi connectivity index (χ1) is 6.93. The lowest BCUT2D eigenvalue weighted by molar-refractivity contribution is 0.573. The van der Waals surface area contributed by atoms with E-state index in [0.717, 1.165) is 5.69 Å². The van der Waals surface area contributed by atoms with E-state index in [0.29, 0.717) is 11.6 Å². The van der Waals surface area contributed by atoms with E-state index in [4.69, 9.17) is 5.73 Å². The van der Waals surface area contributed by atoms with E-state index in [1.165, 1.54) is 11.3 Å². The van der Waals surface area contributed by atoms with Gasteiger partial charge in [0.05, 0.1) is 5.75 Å². The van der Waals surface area contributed by atoms with Crippen LogP contribution in [0.25, 0.3) is 0 Å². The number of thiazole rings is 1. The Morgan fingerprint density at radius 2 is 2.27 bits per heavy atom. The molecule has 1 heterocycles. The quantitative estimate of drug-likeness (QED) is 0.842. The fourth-order valence-corrected chi connectivity index (χ4v) is 4.15. The zero-order chi connectivity index (χ0) is 11.5. The molecule has 86 valence electrons. The molecule has 0 aliphatic carbocycles. The molecule has 1 unspecified atom stereocenters. The van der Waals surface area contributed by atoms with E-state index < -0.39 is 9.84 Å². The van der Waals surface area contributed by atoms with Crippen LogP contribution in [0.15, 0.2) is 5.38 Å².